The van der Waals surface area contributed by atoms with Gasteiger partial charge >= 0.3 is 0 Å². The van der Waals surface area contributed by atoms with Gasteiger partial charge in [-0.2, -0.15) is 0 Å². The molecule has 0 radical (unpaired) electrons. The van der Waals surface area contributed by atoms with E-state index in [1.165, 1.54) is 25.7 Å². The van der Waals surface area contributed by atoms with E-state index in [2.05, 4.69) is 19.2 Å². The highest BCUT2D eigenvalue weighted by Crippen LogP contribution is 2.30. The minimum Gasteiger partial charge on any atom is -0.370 e. The lowest BCUT2D eigenvalue weighted by Gasteiger charge is -2.33. The topological polar surface area (TPSA) is 55.1 Å². The summed E-state index contributed by atoms with van der Waals surface area (Å²) in [5.41, 5.74) is 5.20. The molecule has 0 aromatic heterocycles. The Balaban J connectivity index is 2.33. The van der Waals surface area contributed by atoms with E-state index in [4.69, 9.17) is 5.73 Å². The number of hydrogen-bond donors (Lipinski definition) is 2. The Hall–Kier alpha value is -0.570. The summed E-state index contributed by atoms with van der Waals surface area (Å²) >= 11 is 0. The van der Waals surface area contributed by atoms with E-state index in [1.807, 2.05) is 6.92 Å². The third-order valence-electron chi connectivity index (χ3n) is 3.69. The molecule has 1 saturated carbocycles. The van der Waals surface area contributed by atoms with Crippen molar-refractivity contribution in [2.24, 2.45) is 17.6 Å². The minimum atomic E-state index is -0.212. The van der Waals surface area contributed by atoms with Crippen molar-refractivity contribution in [1.29, 1.82) is 0 Å². The molecule has 0 saturated heterocycles. The van der Waals surface area contributed by atoms with Gasteiger partial charge in [0.2, 0.25) is 5.91 Å². The number of carbonyl (C=O) groups excluding carboxylic acids is 1. The highest BCUT2D eigenvalue weighted by atomic mass is 16.1. The van der Waals surface area contributed by atoms with Crippen molar-refractivity contribution in [3.63, 3.8) is 0 Å². The Labute approximate surface area is 99.2 Å². The van der Waals surface area contributed by atoms with Gasteiger partial charge in [-0.25, -0.2) is 0 Å². The van der Waals surface area contributed by atoms with Crippen LogP contribution in [0.5, 0.6) is 0 Å². The number of amides is 1. The molecule has 0 heterocycles. The molecule has 1 rings (SSSR count). The first-order valence-corrected chi connectivity index (χ1v) is 6.53. The second-order valence-electron chi connectivity index (χ2n) is 5.61. The van der Waals surface area contributed by atoms with Crippen LogP contribution in [0.2, 0.25) is 0 Å². The van der Waals surface area contributed by atoms with Gasteiger partial charge in [0.25, 0.3) is 0 Å². The van der Waals surface area contributed by atoms with E-state index < -0.39 is 0 Å². The lowest BCUT2D eigenvalue weighted by molar-refractivity contribution is -0.118. The standard InChI is InChI=1S/C13H26N2O/c1-9(2)11-5-4-6-12(8-11)15-10(3)7-13(14)16/h9-12,15H,4-8H2,1-3H3,(H2,14,16). The number of primary amides is 1. The van der Waals surface area contributed by atoms with E-state index in [-0.39, 0.29) is 11.9 Å². The molecule has 3 nitrogen and oxygen atoms in total. The second kappa shape index (κ2) is 6.24. The number of nitrogens with one attached hydrogen (secondary N) is 1. The first-order chi connectivity index (χ1) is 7.49. The monoisotopic (exact) mass is 226 g/mol. The van der Waals surface area contributed by atoms with Crippen LogP contribution in [-0.4, -0.2) is 18.0 Å². The largest absolute Gasteiger partial charge is 0.370 e. The van der Waals surface area contributed by atoms with Crippen LogP contribution in [0.15, 0.2) is 0 Å². The summed E-state index contributed by atoms with van der Waals surface area (Å²) in [6.07, 6.45) is 5.61. The Bertz CT molecular complexity index is 228. The number of rotatable bonds is 5. The number of hydrogen-bond acceptors (Lipinski definition) is 2. The zero-order valence-corrected chi connectivity index (χ0v) is 10.8. The molecule has 0 spiro atoms. The van der Waals surface area contributed by atoms with Crippen LogP contribution in [0.3, 0.4) is 0 Å². The summed E-state index contributed by atoms with van der Waals surface area (Å²) in [5.74, 6) is 1.40. The van der Waals surface area contributed by atoms with Crippen LogP contribution in [-0.2, 0) is 4.79 Å². The van der Waals surface area contributed by atoms with Crippen molar-refractivity contribution >= 4 is 5.91 Å². The summed E-state index contributed by atoms with van der Waals surface area (Å²) in [6.45, 7) is 6.66. The average Bonchev–Trinajstić information content (AvgIpc) is 2.16. The van der Waals surface area contributed by atoms with Crippen LogP contribution in [0.4, 0.5) is 0 Å². The summed E-state index contributed by atoms with van der Waals surface area (Å²) in [5, 5.41) is 3.53. The zero-order chi connectivity index (χ0) is 12.1. The highest BCUT2D eigenvalue weighted by molar-refractivity contribution is 5.74. The molecule has 94 valence electrons. The quantitative estimate of drug-likeness (QED) is 0.754. The molecule has 0 bridgehead atoms. The molecule has 16 heavy (non-hydrogen) atoms. The van der Waals surface area contributed by atoms with Crippen molar-refractivity contribution < 1.29 is 4.79 Å². The van der Waals surface area contributed by atoms with E-state index in [1.54, 1.807) is 0 Å². The SMILES string of the molecule is CC(CC(N)=O)NC1CCCC(C(C)C)C1. The highest BCUT2D eigenvalue weighted by Gasteiger charge is 2.24. The predicted octanol–water partition coefficient (Wildman–Crippen LogP) is 2.05. The predicted molar refractivity (Wildman–Crippen MR) is 67.0 cm³/mol. The smallest absolute Gasteiger partial charge is 0.218 e. The van der Waals surface area contributed by atoms with Crippen molar-refractivity contribution in [3.05, 3.63) is 0 Å². The molecule has 0 aromatic carbocycles. The summed E-state index contributed by atoms with van der Waals surface area (Å²) in [4.78, 5) is 10.8. The van der Waals surface area contributed by atoms with E-state index in [0.717, 1.165) is 11.8 Å². The molecule has 3 unspecified atom stereocenters. The van der Waals surface area contributed by atoms with Gasteiger partial charge in [-0.05, 0) is 31.6 Å². The Kier molecular flexibility index (Phi) is 5.26. The van der Waals surface area contributed by atoms with Gasteiger partial charge in [0.05, 0.1) is 0 Å². The Morgan fingerprint density at radius 2 is 2.06 bits per heavy atom. The van der Waals surface area contributed by atoms with E-state index in [0.29, 0.717) is 12.5 Å². The summed E-state index contributed by atoms with van der Waals surface area (Å²) in [6, 6.07) is 0.795. The molecule has 1 amide bonds. The molecule has 3 N–H and O–H groups in total. The van der Waals surface area contributed by atoms with Crippen molar-refractivity contribution in [2.75, 3.05) is 0 Å². The lowest BCUT2D eigenvalue weighted by Crippen LogP contribution is -2.42. The minimum absolute atomic E-state index is 0.212. The first-order valence-electron chi connectivity index (χ1n) is 6.53. The Morgan fingerprint density at radius 1 is 1.38 bits per heavy atom. The van der Waals surface area contributed by atoms with Crippen molar-refractivity contribution in [2.45, 2.75) is 65.0 Å². The fourth-order valence-electron chi connectivity index (χ4n) is 2.75. The molecular formula is C13H26N2O. The number of nitrogens with two attached hydrogens (primary N) is 1. The first kappa shape index (κ1) is 13.5. The third-order valence-corrected chi connectivity index (χ3v) is 3.69. The summed E-state index contributed by atoms with van der Waals surface area (Å²) < 4.78 is 0. The summed E-state index contributed by atoms with van der Waals surface area (Å²) in [7, 11) is 0. The van der Waals surface area contributed by atoms with Gasteiger partial charge < -0.3 is 11.1 Å². The van der Waals surface area contributed by atoms with Crippen LogP contribution < -0.4 is 11.1 Å². The van der Waals surface area contributed by atoms with E-state index >= 15 is 0 Å². The van der Waals surface area contributed by atoms with Crippen LogP contribution in [0.25, 0.3) is 0 Å². The molecule has 0 aliphatic heterocycles. The molecule has 3 heteroatoms. The van der Waals surface area contributed by atoms with Gasteiger partial charge in [0, 0.05) is 18.5 Å². The Morgan fingerprint density at radius 3 is 2.62 bits per heavy atom. The molecule has 1 aliphatic rings. The van der Waals surface area contributed by atoms with Gasteiger partial charge in [-0.15, -0.1) is 0 Å². The van der Waals surface area contributed by atoms with E-state index in [9.17, 15) is 4.79 Å². The fourth-order valence-corrected chi connectivity index (χ4v) is 2.75. The molecule has 3 atom stereocenters. The van der Waals surface area contributed by atoms with Crippen LogP contribution in [0, 0.1) is 11.8 Å². The average molecular weight is 226 g/mol. The fraction of sp³-hybridized carbons (Fsp3) is 0.923. The normalized spacial score (nSPS) is 28.0. The number of carbonyl (C=O) groups is 1. The molecule has 1 aliphatic carbocycles. The van der Waals surface area contributed by atoms with Gasteiger partial charge in [-0.3, -0.25) is 4.79 Å². The lowest BCUT2D eigenvalue weighted by atomic mass is 9.79. The molecule has 1 fully saturated rings. The van der Waals surface area contributed by atoms with Gasteiger partial charge in [0.1, 0.15) is 0 Å². The molecule has 0 aromatic rings. The maximum absolute atomic E-state index is 10.8. The maximum Gasteiger partial charge on any atom is 0.218 e. The second-order valence-corrected chi connectivity index (χ2v) is 5.61. The van der Waals surface area contributed by atoms with Gasteiger partial charge in [0.15, 0.2) is 0 Å². The van der Waals surface area contributed by atoms with Crippen molar-refractivity contribution in [3.8, 4) is 0 Å². The zero-order valence-electron chi connectivity index (χ0n) is 10.8. The maximum atomic E-state index is 10.8. The van der Waals surface area contributed by atoms with Crippen LogP contribution in [0.1, 0.15) is 52.9 Å². The molecular weight excluding hydrogens is 200 g/mol. The van der Waals surface area contributed by atoms with Crippen molar-refractivity contribution in [1.82, 2.24) is 5.32 Å². The van der Waals surface area contributed by atoms with Gasteiger partial charge in [-0.1, -0.05) is 26.7 Å². The van der Waals surface area contributed by atoms with Crippen LogP contribution >= 0.6 is 0 Å². The third kappa shape index (κ3) is 4.52.